The lowest BCUT2D eigenvalue weighted by atomic mass is 9.73. The number of carboxylic acid groups (broad SMARTS) is 1. The van der Waals surface area contributed by atoms with Crippen LogP contribution in [0, 0.1) is 5.41 Å². The van der Waals surface area contributed by atoms with Crippen molar-refractivity contribution >= 4 is 11.9 Å². The minimum atomic E-state index is -1.21. The van der Waals surface area contributed by atoms with Crippen molar-refractivity contribution in [1.29, 1.82) is 0 Å². The van der Waals surface area contributed by atoms with E-state index in [-0.39, 0.29) is 25.0 Å². The SMILES string of the molecule is O=C(CN1CC[C@@H](O)[C@](CCCc2ccccc2)(C(=O)O)C1)NC1CCCCC1. The molecule has 1 aliphatic heterocycles. The minimum absolute atomic E-state index is 0.0307. The molecule has 1 heterocycles. The molecule has 0 unspecified atom stereocenters. The monoisotopic (exact) mass is 402 g/mol. The van der Waals surface area contributed by atoms with Crippen LogP contribution in [0.3, 0.4) is 0 Å². The van der Waals surface area contributed by atoms with Crippen molar-refractivity contribution in [2.75, 3.05) is 19.6 Å². The van der Waals surface area contributed by atoms with Crippen molar-refractivity contribution in [3.8, 4) is 0 Å². The number of carbonyl (C=O) groups is 2. The summed E-state index contributed by atoms with van der Waals surface area (Å²) < 4.78 is 0. The molecule has 6 heteroatoms. The highest BCUT2D eigenvalue weighted by molar-refractivity contribution is 5.79. The average molecular weight is 403 g/mol. The number of aliphatic hydroxyl groups excluding tert-OH is 1. The van der Waals surface area contributed by atoms with Gasteiger partial charge in [-0.25, -0.2) is 0 Å². The predicted molar refractivity (Wildman–Crippen MR) is 112 cm³/mol. The fraction of sp³-hybridized carbons (Fsp3) is 0.652. The zero-order valence-corrected chi connectivity index (χ0v) is 17.2. The van der Waals surface area contributed by atoms with E-state index in [9.17, 15) is 19.8 Å². The molecule has 6 nitrogen and oxygen atoms in total. The molecule has 29 heavy (non-hydrogen) atoms. The summed E-state index contributed by atoms with van der Waals surface area (Å²) in [7, 11) is 0. The van der Waals surface area contributed by atoms with E-state index in [0.29, 0.717) is 25.8 Å². The van der Waals surface area contributed by atoms with Crippen LogP contribution in [0.4, 0.5) is 0 Å². The first kappa shape index (κ1) is 21.8. The maximum Gasteiger partial charge on any atom is 0.313 e. The number of carboxylic acids is 1. The summed E-state index contributed by atoms with van der Waals surface area (Å²) in [5.41, 5.74) is -0.0416. The van der Waals surface area contributed by atoms with Crippen molar-refractivity contribution in [1.82, 2.24) is 10.2 Å². The summed E-state index contributed by atoms with van der Waals surface area (Å²) in [6.07, 6.45) is 6.99. The molecular formula is C23H34N2O4. The second-order valence-electron chi connectivity index (χ2n) is 8.72. The zero-order valence-electron chi connectivity index (χ0n) is 17.2. The van der Waals surface area contributed by atoms with E-state index >= 15 is 0 Å². The number of hydrogen-bond donors (Lipinski definition) is 3. The third-order valence-electron chi connectivity index (χ3n) is 6.56. The largest absolute Gasteiger partial charge is 0.481 e. The molecule has 0 aromatic heterocycles. The Bertz CT molecular complexity index is 675. The number of nitrogens with zero attached hydrogens (tertiary/aromatic N) is 1. The third kappa shape index (κ3) is 5.80. The van der Waals surface area contributed by atoms with Gasteiger partial charge in [0.2, 0.25) is 5.91 Å². The summed E-state index contributed by atoms with van der Waals surface area (Å²) in [4.78, 5) is 26.6. The van der Waals surface area contributed by atoms with E-state index in [1.807, 2.05) is 35.2 Å². The van der Waals surface area contributed by atoms with Gasteiger partial charge in [-0.15, -0.1) is 0 Å². The molecule has 1 aromatic rings. The van der Waals surface area contributed by atoms with Crippen molar-refractivity contribution in [2.45, 2.75) is 69.9 Å². The number of nitrogens with one attached hydrogen (secondary N) is 1. The number of hydrogen-bond acceptors (Lipinski definition) is 4. The van der Waals surface area contributed by atoms with Gasteiger partial charge in [0, 0.05) is 19.1 Å². The first-order chi connectivity index (χ1) is 14.0. The summed E-state index contributed by atoms with van der Waals surface area (Å²) in [6, 6.07) is 10.2. The summed E-state index contributed by atoms with van der Waals surface area (Å²) in [5, 5.41) is 23.7. The third-order valence-corrected chi connectivity index (χ3v) is 6.56. The fourth-order valence-electron chi connectivity index (χ4n) is 4.84. The van der Waals surface area contributed by atoms with E-state index in [0.717, 1.165) is 32.1 Å². The quantitative estimate of drug-likeness (QED) is 0.622. The van der Waals surface area contributed by atoms with Crippen LogP contribution in [-0.4, -0.2) is 58.8 Å². The number of aryl methyl sites for hydroxylation is 1. The molecule has 0 spiro atoms. The van der Waals surface area contributed by atoms with Crippen molar-refractivity contribution < 1.29 is 19.8 Å². The number of aliphatic hydroxyl groups is 1. The van der Waals surface area contributed by atoms with Gasteiger partial charge in [0.1, 0.15) is 5.41 Å². The molecule has 0 bridgehead atoms. The number of piperidine rings is 1. The molecule has 1 saturated carbocycles. The van der Waals surface area contributed by atoms with Crippen LogP contribution in [0.5, 0.6) is 0 Å². The van der Waals surface area contributed by atoms with Crippen molar-refractivity contribution in [3.05, 3.63) is 35.9 Å². The molecule has 2 atom stereocenters. The smallest absolute Gasteiger partial charge is 0.313 e. The number of carbonyl (C=O) groups excluding carboxylic acids is 1. The maximum absolute atomic E-state index is 12.5. The number of rotatable bonds is 8. The highest BCUT2D eigenvalue weighted by Crippen LogP contribution is 2.36. The Morgan fingerprint density at radius 3 is 2.52 bits per heavy atom. The van der Waals surface area contributed by atoms with Crippen LogP contribution in [-0.2, 0) is 16.0 Å². The molecule has 2 fully saturated rings. The average Bonchev–Trinajstić information content (AvgIpc) is 2.71. The Hall–Kier alpha value is -1.92. The van der Waals surface area contributed by atoms with Gasteiger partial charge in [-0.2, -0.15) is 0 Å². The predicted octanol–water partition coefficient (Wildman–Crippen LogP) is 2.60. The molecule has 1 aromatic carbocycles. The fourth-order valence-corrected chi connectivity index (χ4v) is 4.84. The first-order valence-corrected chi connectivity index (χ1v) is 11.0. The van der Waals surface area contributed by atoms with Crippen LogP contribution >= 0.6 is 0 Å². The lowest BCUT2D eigenvalue weighted by Crippen LogP contribution is -2.57. The Kier molecular flexibility index (Phi) is 7.67. The standard InChI is InChI=1S/C23H34N2O4/c26-20-13-15-25(16-21(27)24-19-11-5-2-6-12-19)17-23(20,22(28)29)14-7-10-18-8-3-1-4-9-18/h1,3-4,8-9,19-20,26H,2,5-7,10-17H2,(H,24,27)(H,28,29)/t20-,23-/m1/s1. The van der Waals surface area contributed by atoms with Gasteiger partial charge in [-0.3, -0.25) is 14.5 Å². The minimum Gasteiger partial charge on any atom is -0.481 e. The molecule has 1 aliphatic carbocycles. The van der Waals surface area contributed by atoms with Gasteiger partial charge in [0.05, 0.1) is 12.6 Å². The van der Waals surface area contributed by atoms with E-state index in [2.05, 4.69) is 5.32 Å². The molecule has 160 valence electrons. The number of amides is 1. The lowest BCUT2D eigenvalue weighted by molar-refractivity contribution is -0.165. The summed E-state index contributed by atoms with van der Waals surface area (Å²) in [5.74, 6) is -0.993. The van der Waals surface area contributed by atoms with Crippen LogP contribution in [0.2, 0.25) is 0 Å². The van der Waals surface area contributed by atoms with E-state index in [4.69, 9.17) is 0 Å². The van der Waals surface area contributed by atoms with Crippen molar-refractivity contribution in [2.24, 2.45) is 5.41 Å². The number of benzene rings is 1. The second kappa shape index (κ2) is 10.2. The van der Waals surface area contributed by atoms with E-state index < -0.39 is 17.5 Å². The molecule has 1 amide bonds. The van der Waals surface area contributed by atoms with E-state index in [1.54, 1.807) is 0 Å². The van der Waals surface area contributed by atoms with Gasteiger partial charge in [0.15, 0.2) is 0 Å². The maximum atomic E-state index is 12.5. The van der Waals surface area contributed by atoms with Crippen LogP contribution in [0.1, 0.15) is 56.9 Å². The zero-order chi connectivity index (χ0) is 20.7. The molecule has 0 radical (unpaired) electrons. The van der Waals surface area contributed by atoms with Gasteiger partial charge in [-0.05, 0) is 44.1 Å². The van der Waals surface area contributed by atoms with Gasteiger partial charge in [0.25, 0.3) is 0 Å². The Labute approximate surface area is 173 Å². The Balaban J connectivity index is 1.57. The second-order valence-corrected chi connectivity index (χ2v) is 8.72. The molecule has 2 aliphatic rings. The van der Waals surface area contributed by atoms with E-state index in [1.165, 1.54) is 12.0 Å². The van der Waals surface area contributed by atoms with Crippen molar-refractivity contribution in [3.63, 3.8) is 0 Å². The topological polar surface area (TPSA) is 89.9 Å². The summed E-state index contributed by atoms with van der Waals surface area (Å²) in [6.45, 7) is 0.973. The van der Waals surface area contributed by atoms with Crippen LogP contribution in [0.15, 0.2) is 30.3 Å². The lowest BCUT2D eigenvalue weighted by Gasteiger charge is -2.43. The molecule has 3 N–H and O–H groups in total. The summed E-state index contributed by atoms with van der Waals surface area (Å²) >= 11 is 0. The number of likely N-dealkylation sites (tertiary alicyclic amines) is 1. The molecular weight excluding hydrogens is 368 g/mol. The van der Waals surface area contributed by atoms with Crippen LogP contribution < -0.4 is 5.32 Å². The Morgan fingerprint density at radius 2 is 1.83 bits per heavy atom. The van der Waals surface area contributed by atoms with Gasteiger partial charge < -0.3 is 15.5 Å². The Morgan fingerprint density at radius 1 is 1.10 bits per heavy atom. The van der Waals surface area contributed by atoms with Crippen LogP contribution in [0.25, 0.3) is 0 Å². The normalized spacial score (nSPS) is 26.2. The van der Waals surface area contributed by atoms with Gasteiger partial charge in [-0.1, -0.05) is 49.6 Å². The highest BCUT2D eigenvalue weighted by atomic mass is 16.4. The van der Waals surface area contributed by atoms with Gasteiger partial charge >= 0.3 is 5.97 Å². The number of aliphatic carboxylic acids is 1. The molecule has 3 rings (SSSR count). The molecule has 1 saturated heterocycles. The first-order valence-electron chi connectivity index (χ1n) is 11.0. The highest BCUT2D eigenvalue weighted by Gasteiger charge is 2.48.